The Labute approximate surface area is 124 Å². The van der Waals surface area contributed by atoms with Crippen molar-refractivity contribution in [2.24, 2.45) is 5.92 Å². The number of rotatable bonds is 4. The highest BCUT2D eigenvalue weighted by molar-refractivity contribution is 7.80. The molecule has 0 saturated carbocycles. The third-order valence-corrected chi connectivity index (χ3v) is 3.85. The number of hydrogen-bond acceptors (Lipinski definition) is 1. The lowest BCUT2D eigenvalue weighted by Crippen LogP contribution is -2.20. The summed E-state index contributed by atoms with van der Waals surface area (Å²) in [4.78, 5) is 0.839. The molecule has 2 rings (SSSR count). The molecule has 0 fully saturated rings. The summed E-state index contributed by atoms with van der Waals surface area (Å²) in [6, 6.07) is 17.9. The fraction of sp³-hybridized carbons (Fsp3) is 0.188. The molecule has 1 unspecified atom stereocenters. The maximum Gasteiger partial charge on any atom is 0.0829 e. The average molecular weight is 290 g/mol. The molecular formula is C16H16ClNS. The second kappa shape index (κ2) is 6.69. The van der Waals surface area contributed by atoms with Crippen LogP contribution in [-0.2, 0) is 6.42 Å². The van der Waals surface area contributed by atoms with Crippen LogP contribution < -0.4 is 5.32 Å². The zero-order valence-electron chi connectivity index (χ0n) is 10.8. The van der Waals surface area contributed by atoms with E-state index in [2.05, 4.69) is 12.2 Å². The third kappa shape index (κ3) is 4.05. The Morgan fingerprint density at radius 1 is 1.11 bits per heavy atom. The van der Waals surface area contributed by atoms with Gasteiger partial charge in [-0.25, -0.2) is 0 Å². The Kier molecular flexibility index (Phi) is 4.94. The molecule has 1 nitrogen and oxygen atoms in total. The molecule has 0 spiro atoms. The van der Waals surface area contributed by atoms with Crippen LogP contribution in [0.15, 0.2) is 54.6 Å². The van der Waals surface area contributed by atoms with Gasteiger partial charge in [-0.05, 0) is 30.2 Å². The Morgan fingerprint density at radius 2 is 1.74 bits per heavy atom. The van der Waals surface area contributed by atoms with Crippen LogP contribution in [0, 0.1) is 5.92 Å². The molecule has 1 N–H and O–H groups in total. The van der Waals surface area contributed by atoms with Crippen molar-refractivity contribution in [3.8, 4) is 0 Å². The molecule has 0 amide bonds. The minimum Gasteiger partial charge on any atom is -0.350 e. The molecule has 0 bridgehead atoms. The Balaban J connectivity index is 1.98. The first-order chi connectivity index (χ1) is 9.16. The predicted molar refractivity (Wildman–Crippen MR) is 87.0 cm³/mol. The molecular weight excluding hydrogens is 274 g/mol. The Hall–Kier alpha value is -1.38. The van der Waals surface area contributed by atoms with Crippen LogP contribution in [0.3, 0.4) is 0 Å². The summed E-state index contributed by atoms with van der Waals surface area (Å²) >= 11 is 11.6. The molecule has 0 radical (unpaired) electrons. The average Bonchev–Trinajstić information content (AvgIpc) is 2.42. The molecule has 0 aliphatic rings. The molecule has 0 aromatic heterocycles. The molecule has 2 aromatic rings. The number of halogens is 1. The predicted octanol–water partition coefficient (Wildman–Crippen LogP) is 4.96. The number of anilines is 1. The molecule has 0 heterocycles. The number of benzene rings is 2. The first-order valence-electron chi connectivity index (χ1n) is 6.26. The lowest BCUT2D eigenvalue weighted by Gasteiger charge is -2.16. The minimum absolute atomic E-state index is 0.245. The zero-order chi connectivity index (χ0) is 13.7. The normalized spacial score (nSPS) is 11.9. The van der Waals surface area contributed by atoms with Crippen molar-refractivity contribution in [2.75, 3.05) is 5.32 Å². The molecule has 98 valence electrons. The van der Waals surface area contributed by atoms with Gasteiger partial charge in [0, 0.05) is 16.6 Å². The summed E-state index contributed by atoms with van der Waals surface area (Å²) in [5, 5.41) is 4.07. The Morgan fingerprint density at radius 3 is 2.42 bits per heavy atom. The number of hydrogen-bond donors (Lipinski definition) is 1. The van der Waals surface area contributed by atoms with Gasteiger partial charge in [0.1, 0.15) is 0 Å². The van der Waals surface area contributed by atoms with Crippen molar-refractivity contribution >= 4 is 34.5 Å². The van der Waals surface area contributed by atoms with Gasteiger partial charge < -0.3 is 5.32 Å². The summed E-state index contributed by atoms with van der Waals surface area (Å²) < 4.78 is 0. The first kappa shape index (κ1) is 14.0. The summed E-state index contributed by atoms with van der Waals surface area (Å²) in [5.74, 6) is 0.245. The fourth-order valence-corrected chi connectivity index (χ4v) is 2.29. The summed E-state index contributed by atoms with van der Waals surface area (Å²) in [6.07, 6.45) is 0.846. The van der Waals surface area contributed by atoms with Crippen molar-refractivity contribution in [3.05, 3.63) is 65.2 Å². The smallest absolute Gasteiger partial charge is 0.0829 e. The molecule has 19 heavy (non-hydrogen) atoms. The standard InChI is InChI=1S/C16H16ClNS/c1-12(11-13-7-5-6-10-15(13)17)16(19)18-14-8-3-2-4-9-14/h2-10,12H,11H2,1H3,(H,18,19). The van der Waals surface area contributed by atoms with E-state index in [1.54, 1.807) is 0 Å². The number of para-hydroxylation sites is 1. The lowest BCUT2D eigenvalue weighted by molar-refractivity contribution is 0.776. The summed E-state index contributed by atoms with van der Waals surface area (Å²) in [7, 11) is 0. The van der Waals surface area contributed by atoms with Crippen LogP contribution in [0.2, 0.25) is 5.02 Å². The minimum atomic E-state index is 0.245. The van der Waals surface area contributed by atoms with Crippen molar-refractivity contribution < 1.29 is 0 Å². The van der Waals surface area contributed by atoms with Gasteiger partial charge in [-0.1, -0.05) is 67.1 Å². The van der Waals surface area contributed by atoms with Crippen molar-refractivity contribution in [1.29, 1.82) is 0 Å². The maximum atomic E-state index is 6.17. The van der Waals surface area contributed by atoms with E-state index in [9.17, 15) is 0 Å². The van der Waals surface area contributed by atoms with E-state index in [0.717, 1.165) is 27.7 Å². The van der Waals surface area contributed by atoms with Gasteiger partial charge in [0.25, 0.3) is 0 Å². The van der Waals surface area contributed by atoms with E-state index in [0.29, 0.717) is 0 Å². The SMILES string of the molecule is CC(Cc1ccccc1Cl)C(=S)Nc1ccccc1. The summed E-state index contributed by atoms with van der Waals surface area (Å²) in [6.45, 7) is 2.11. The van der Waals surface area contributed by atoms with E-state index in [4.69, 9.17) is 23.8 Å². The van der Waals surface area contributed by atoms with Crippen LogP contribution in [0.4, 0.5) is 5.69 Å². The fourth-order valence-electron chi connectivity index (χ4n) is 1.87. The number of nitrogens with one attached hydrogen (secondary N) is 1. The van der Waals surface area contributed by atoms with Crippen LogP contribution in [-0.4, -0.2) is 4.99 Å². The van der Waals surface area contributed by atoms with Crippen LogP contribution in [0.1, 0.15) is 12.5 Å². The van der Waals surface area contributed by atoms with Gasteiger partial charge in [-0.2, -0.15) is 0 Å². The van der Waals surface area contributed by atoms with Crippen LogP contribution in [0.5, 0.6) is 0 Å². The monoisotopic (exact) mass is 289 g/mol. The molecule has 3 heteroatoms. The molecule has 0 aliphatic heterocycles. The van der Waals surface area contributed by atoms with Crippen molar-refractivity contribution in [1.82, 2.24) is 0 Å². The topological polar surface area (TPSA) is 12.0 Å². The maximum absolute atomic E-state index is 6.17. The highest BCUT2D eigenvalue weighted by Gasteiger charge is 2.11. The van der Waals surface area contributed by atoms with Crippen LogP contribution in [0.25, 0.3) is 0 Å². The van der Waals surface area contributed by atoms with E-state index in [1.165, 1.54) is 0 Å². The first-order valence-corrected chi connectivity index (χ1v) is 7.05. The highest BCUT2D eigenvalue weighted by atomic mass is 35.5. The van der Waals surface area contributed by atoms with E-state index in [1.807, 2.05) is 54.6 Å². The van der Waals surface area contributed by atoms with Crippen LogP contribution >= 0.6 is 23.8 Å². The van der Waals surface area contributed by atoms with E-state index >= 15 is 0 Å². The second-order valence-corrected chi connectivity index (χ2v) is 5.40. The van der Waals surface area contributed by atoms with Crippen molar-refractivity contribution in [2.45, 2.75) is 13.3 Å². The summed E-state index contributed by atoms with van der Waals surface area (Å²) in [5.41, 5.74) is 2.16. The second-order valence-electron chi connectivity index (χ2n) is 4.55. The lowest BCUT2D eigenvalue weighted by atomic mass is 10.0. The molecule has 1 atom stereocenters. The largest absolute Gasteiger partial charge is 0.350 e. The highest BCUT2D eigenvalue weighted by Crippen LogP contribution is 2.20. The van der Waals surface area contributed by atoms with Gasteiger partial charge >= 0.3 is 0 Å². The van der Waals surface area contributed by atoms with Gasteiger partial charge in [-0.15, -0.1) is 0 Å². The van der Waals surface area contributed by atoms with E-state index in [-0.39, 0.29) is 5.92 Å². The molecule has 2 aromatic carbocycles. The quantitative estimate of drug-likeness (QED) is 0.799. The molecule has 0 saturated heterocycles. The molecule has 0 aliphatic carbocycles. The van der Waals surface area contributed by atoms with Gasteiger partial charge in [0.15, 0.2) is 0 Å². The van der Waals surface area contributed by atoms with Crippen molar-refractivity contribution in [3.63, 3.8) is 0 Å². The zero-order valence-corrected chi connectivity index (χ0v) is 12.3. The Bertz CT molecular complexity index is 554. The number of thiocarbonyl (C=S) groups is 1. The van der Waals surface area contributed by atoms with Gasteiger partial charge in [-0.3, -0.25) is 0 Å². The van der Waals surface area contributed by atoms with Gasteiger partial charge in [0.2, 0.25) is 0 Å². The van der Waals surface area contributed by atoms with Gasteiger partial charge in [0.05, 0.1) is 4.99 Å². The third-order valence-electron chi connectivity index (χ3n) is 2.97. The van der Waals surface area contributed by atoms with E-state index < -0.39 is 0 Å².